The third-order valence-corrected chi connectivity index (χ3v) is 4.04. The number of hydrogen-bond donors (Lipinski definition) is 0. The van der Waals surface area contributed by atoms with E-state index in [9.17, 15) is 0 Å². The van der Waals surface area contributed by atoms with Crippen LogP contribution in [0, 0.1) is 0 Å². The van der Waals surface area contributed by atoms with E-state index in [0.717, 1.165) is 30.4 Å². The smallest absolute Gasteiger partial charge is 0.196 e. The highest BCUT2D eigenvalue weighted by atomic mass is 16.5. The summed E-state index contributed by atoms with van der Waals surface area (Å²) in [6.45, 7) is 6.14. The number of ether oxygens (including phenoxy) is 1. The summed E-state index contributed by atoms with van der Waals surface area (Å²) in [7, 11) is 1.71. The van der Waals surface area contributed by atoms with E-state index in [0.29, 0.717) is 12.0 Å². The normalized spacial score (nSPS) is 18.8. The largest absolute Gasteiger partial charge is 0.497 e. The number of rotatable bonds is 5. The van der Waals surface area contributed by atoms with E-state index in [4.69, 9.17) is 9.15 Å². The van der Waals surface area contributed by atoms with Crippen molar-refractivity contribution in [1.29, 1.82) is 0 Å². The van der Waals surface area contributed by atoms with Gasteiger partial charge in [0.05, 0.1) is 12.8 Å². The lowest BCUT2D eigenvalue weighted by atomic mass is 9.94. The van der Waals surface area contributed by atoms with Crippen LogP contribution in [0.5, 0.6) is 5.75 Å². The maximum Gasteiger partial charge on any atom is 0.196 e. The quantitative estimate of drug-likeness (QED) is 0.839. The Morgan fingerprint density at radius 3 is 2.90 bits per heavy atom. The number of methoxy groups -OCH3 is 1. The Morgan fingerprint density at radius 1 is 1.43 bits per heavy atom. The third kappa shape index (κ3) is 2.95. The monoisotopic (exact) mass is 286 g/mol. The SMILES string of the molecule is COc1cccc(C2CCN2Cc2coc(C(C)C)n2)c1. The molecule has 1 fully saturated rings. The minimum absolute atomic E-state index is 0.337. The van der Waals surface area contributed by atoms with E-state index >= 15 is 0 Å². The van der Waals surface area contributed by atoms with Crippen molar-refractivity contribution in [3.05, 3.63) is 47.7 Å². The fraction of sp³-hybridized carbons (Fsp3) is 0.471. The lowest BCUT2D eigenvalue weighted by Crippen LogP contribution is -2.40. The van der Waals surface area contributed by atoms with Crippen LogP contribution in [0.3, 0.4) is 0 Å². The van der Waals surface area contributed by atoms with Crippen molar-refractivity contribution in [3.63, 3.8) is 0 Å². The molecule has 1 aromatic heterocycles. The molecule has 0 spiro atoms. The Bertz CT molecular complexity index is 606. The highest BCUT2D eigenvalue weighted by molar-refractivity contribution is 5.31. The van der Waals surface area contributed by atoms with E-state index in [2.05, 4.69) is 41.9 Å². The van der Waals surface area contributed by atoms with Gasteiger partial charge in [-0.05, 0) is 24.1 Å². The topological polar surface area (TPSA) is 38.5 Å². The zero-order valence-electron chi connectivity index (χ0n) is 12.9. The molecule has 1 saturated heterocycles. The average molecular weight is 286 g/mol. The summed E-state index contributed by atoms with van der Waals surface area (Å²) >= 11 is 0. The molecule has 0 amide bonds. The molecule has 21 heavy (non-hydrogen) atoms. The van der Waals surface area contributed by atoms with Gasteiger partial charge in [-0.2, -0.15) is 0 Å². The van der Waals surface area contributed by atoms with Crippen LogP contribution in [0.15, 0.2) is 34.9 Å². The van der Waals surface area contributed by atoms with Crippen LogP contribution in [0.4, 0.5) is 0 Å². The number of nitrogens with zero attached hydrogens (tertiary/aromatic N) is 2. The minimum Gasteiger partial charge on any atom is -0.497 e. The summed E-state index contributed by atoms with van der Waals surface area (Å²) < 4.78 is 10.8. The molecule has 2 aromatic rings. The lowest BCUT2D eigenvalue weighted by molar-refractivity contribution is 0.0802. The van der Waals surface area contributed by atoms with Crippen LogP contribution < -0.4 is 4.74 Å². The molecule has 2 heterocycles. The number of oxazole rings is 1. The number of likely N-dealkylation sites (tertiary alicyclic amines) is 1. The van der Waals surface area contributed by atoms with Crippen LogP contribution in [0.2, 0.25) is 0 Å². The molecule has 1 atom stereocenters. The van der Waals surface area contributed by atoms with E-state index in [-0.39, 0.29) is 0 Å². The number of hydrogen-bond acceptors (Lipinski definition) is 4. The molecule has 0 bridgehead atoms. The summed E-state index contributed by atoms with van der Waals surface area (Å²) in [5, 5.41) is 0. The predicted octanol–water partition coefficient (Wildman–Crippen LogP) is 3.75. The van der Waals surface area contributed by atoms with Crippen molar-refractivity contribution >= 4 is 0 Å². The summed E-state index contributed by atoms with van der Waals surface area (Å²) in [5.74, 6) is 2.08. The first kappa shape index (κ1) is 14.1. The van der Waals surface area contributed by atoms with Crippen LogP contribution in [0.1, 0.15) is 49.4 Å². The van der Waals surface area contributed by atoms with Crippen molar-refractivity contribution in [2.24, 2.45) is 0 Å². The summed E-state index contributed by atoms with van der Waals surface area (Å²) in [4.78, 5) is 6.99. The Balaban J connectivity index is 1.68. The molecule has 0 N–H and O–H groups in total. The van der Waals surface area contributed by atoms with Gasteiger partial charge in [-0.3, -0.25) is 4.90 Å². The zero-order chi connectivity index (χ0) is 14.8. The van der Waals surface area contributed by atoms with Gasteiger partial charge in [-0.25, -0.2) is 4.98 Å². The second kappa shape index (κ2) is 5.90. The molecular weight excluding hydrogens is 264 g/mol. The molecule has 1 aromatic carbocycles. The molecule has 0 saturated carbocycles. The molecule has 1 aliphatic rings. The maximum absolute atomic E-state index is 5.52. The van der Waals surface area contributed by atoms with Gasteiger partial charge < -0.3 is 9.15 Å². The van der Waals surface area contributed by atoms with Gasteiger partial charge in [0.15, 0.2) is 5.89 Å². The van der Waals surface area contributed by atoms with Crippen molar-refractivity contribution in [2.45, 2.75) is 38.8 Å². The molecule has 3 rings (SSSR count). The average Bonchev–Trinajstić information content (AvgIpc) is 2.93. The summed E-state index contributed by atoms with van der Waals surface area (Å²) in [6.07, 6.45) is 2.97. The van der Waals surface area contributed by atoms with Crippen molar-refractivity contribution in [2.75, 3.05) is 13.7 Å². The van der Waals surface area contributed by atoms with Gasteiger partial charge >= 0.3 is 0 Å². The fourth-order valence-corrected chi connectivity index (χ4v) is 2.72. The number of aromatic nitrogens is 1. The zero-order valence-corrected chi connectivity index (χ0v) is 12.9. The second-order valence-electron chi connectivity index (χ2n) is 5.88. The van der Waals surface area contributed by atoms with Crippen LogP contribution in [-0.4, -0.2) is 23.5 Å². The van der Waals surface area contributed by atoms with Gasteiger partial charge in [-0.15, -0.1) is 0 Å². The first-order valence-electron chi connectivity index (χ1n) is 7.49. The Kier molecular flexibility index (Phi) is 3.97. The highest BCUT2D eigenvalue weighted by Gasteiger charge is 2.30. The molecule has 4 nitrogen and oxygen atoms in total. The maximum atomic E-state index is 5.52. The van der Waals surface area contributed by atoms with Gasteiger partial charge in [0.1, 0.15) is 12.0 Å². The van der Waals surface area contributed by atoms with E-state index in [1.807, 2.05) is 6.07 Å². The van der Waals surface area contributed by atoms with Gasteiger partial charge in [0.2, 0.25) is 0 Å². The van der Waals surface area contributed by atoms with Crippen molar-refractivity contribution in [1.82, 2.24) is 9.88 Å². The van der Waals surface area contributed by atoms with E-state index in [1.165, 1.54) is 12.0 Å². The van der Waals surface area contributed by atoms with Crippen molar-refractivity contribution in [3.8, 4) is 5.75 Å². The molecule has 112 valence electrons. The summed E-state index contributed by atoms with van der Waals surface area (Å²) in [5.41, 5.74) is 2.33. The van der Waals surface area contributed by atoms with E-state index < -0.39 is 0 Å². The van der Waals surface area contributed by atoms with Crippen LogP contribution >= 0.6 is 0 Å². The second-order valence-corrected chi connectivity index (χ2v) is 5.88. The molecule has 4 heteroatoms. The third-order valence-electron chi connectivity index (χ3n) is 4.04. The van der Waals surface area contributed by atoms with E-state index in [1.54, 1.807) is 13.4 Å². The molecule has 0 aliphatic carbocycles. The minimum atomic E-state index is 0.337. The van der Waals surface area contributed by atoms with Crippen LogP contribution in [-0.2, 0) is 6.54 Å². The van der Waals surface area contributed by atoms with Gasteiger partial charge in [0, 0.05) is 25.0 Å². The highest BCUT2D eigenvalue weighted by Crippen LogP contribution is 2.35. The van der Waals surface area contributed by atoms with Gasteiger partial charge in [-0.1, -0.05) is 26.0 Å². The lowest BCUT2D eigenvalue weighted by Gasteiger charge is -2.41. The molecule has 0 radical (unpaired) electrons. The first-order valence-corrected chi connectivity index (χ1v) is 7.49. The molecule has 1 aliphatic heterocycles. The first-order chi connectivity index (χ1) is 10.2. The predicted molar refractivity (Wildman–Crippen MR) is 81.4 cm³/mol. The number of benzene rings is 1. The van der Waals surface area contributed by atoms with Crippen LogP contribution in [0.25, 0.3) is 0 Å². The summed E-state index contributed by atoms with van der Waals surface area (Å²) in [6, 6.07) is 8.79. The van der Waals surface area contributed by atoms with Crippen molar-refractivity contribution < 1.29 is 9.15 Å². The Morgan fingerprint density at radius 2 is 2.29 bits per heavy atom. The molecular formula is C17H22N2O2. The fourth-order valence-electron chi connectivity index (χ4n) is 2.72. The molecule has 1 unspecified atom stereocenters. The van der Waals surface area contributed by atoms with Gasteiger partial charge in [0.25, 0.3) is 0 Å². The Hall–Kier alpha value is -1.81. The Labute approximate surface area is 125 Å². The standard InChI is InChI=1S/C17H22N2O2/c1-12(2)17-18-14(11-21-17)10-19-8-7-16(19)13-5-4-6-15(9-13)20-3/h4-6,9,11-12,16H,7-8,10H2,1-3H3.